The molecule has 28 heavy (non-hydrogen) atoms. The molecule has 0 bridgehead atoms. The van der Waals surface area contributed by atoms with Gasteiger partial charge in [-0.1, -0.05) is 23.8 Å². The average Bonchev–Trinajstić information content (AvgIpc) is 3.36. The fourth-order valence-corrected chi connectivity index (χ4v) is 5.46. The topological polar surface area (TPSA) is 71.0 Å². The maximum Gasteiger partial charge on any atom is 0.194 e. The van der Waals surface area contributed by atoms with Crippen LogP contribution in [0.2, 0.25) is 0 Å². The SMILES string of the molecule is CCNC(=NCC1(CS(C)(=O)=O)CC1)N1CCOC(c2ccc(C)cc2C)C1. The van der Waals surface area contributed by atoms with Crippen molar-refractivity contribution in [2.75, 3.05) is 44.8 Å². The number of hydrogen-bond donors (Lipinski definition) is 1. The molecule has 1 aromatic carbocycles. The fraction of sp³-hybridized carbons (Fsp3) is 0.667. The van der Waals surface area contributed by atoms with Crippen molar-refractivity contribution < 1.29 is 13.2 Å². The summed E-state index contributed by atoms with van der Waals surface area (Å²) >= 11 is 0. The molecular formula is C21H33N3O3S. The first-order chi connectivity index (χ1) is 13.2. The highest BCUT2D eigenvalue weighted by molar-refractivity contribution is 7.90. The van der Waals surface area contributed by atoms with Gasteiger partial charge in [-0.05, 0) is 44.7 Å². The van der Waals surface area contributed by atoms with E-state index in [1.807, 2.05) is 0 Å². The minimum atomic E-state index is -2.98. The summed E-state index contributed by atoms with van der Waals surface area (Å²) in [5.41, 5.74) is 3.57. The second kappa shape index (κ2) is 8.41. The van der Waals surface area contributed by atoms with E-state index in [1.54, 1.807) is 0 Å². The van der Waals surface area contributed by atoms with Gasteiger partial charge >= 0.3 is 0 Å². The highest BCUT2D eigenvalue weighted by Gasteiger charge is 2.45. The van der Waals surface area contributed by atoms with Gasteiger partial charge in [0.2, 0.25) is 0 Å². The molecule has 0 amide bonds. The number of morpholine rings is 1. The van der Waals surface area contributed by atoms with E-state index in [0.717, 1.165) is 38.4 Å². The van der Waals surface area contributed by atoms with Gasteiger partial charge in [-0.25, -0.2) is 8.42 Å². The predicted octanol–water partition coefficient (Wildman–Crippen LogP) is 2.47. The van der Waals surface area contributed by atoms with E-state index in [2.05, 4.69) is 49.2 Å². The van der Waals surface area contributed by atoms with Crippen molar-refractivity contribution >= 4 is 15.8 Å². The Kier molecular flexibility index (Phi) is 6.34. The van der Waals surface area contributed by atoms with E-state index in [4.69, 9.17) is 9.73 Å². The summed E-state index contributed by atoms with van der Waals surface area (Å²) in [6.45, 7) is 9.81. The Morgan fingerprint density at radius 2 is 2.11 bits per heavy atom. The summed E-state index contributed by atoms with van der Waals surface area (Å²) in [5.74, 6) is 1.09. The molecule has 1 aliphatic heterocycles. The third kappa shape index (κ3) is 5.47. The Balaban J connectivity index is 1.72. The van der Waals surface area contributed by atoms with Crippen molar-refractivity contribution in [1.29, 1.82) is 0 Å². The molecule has 2 aliphatic rings. The normalized spacial score (nSPS) is 22.2. The number of guanidine groups is 1. The summed E-state index contributed by atoms with van der Waals surface area (Å²) in [4.78, 5) is 7.08. The van der Waals surface area contributed by atoms with E-state index in [9.17, 15) is 8.42 Å². The van der Waals surface area contributed by atoms with Crippen LogP contribution in [0.5, 0.6) is 0 Å². The second-order valence-corrected chi connectivity index (χ2v) is 10.5. The van der Waals surface area contributed by atoms with Crippen LogP contribution in [0.3, 0.4) is 0 Å². The Hall–Kier alpha value is -1.60. The van der Waals surface area contributed by atoms with Crippen LogP contribution >= 0.6 is 0 Å². The first-order valence-electron chi connectivity index (χ1n) is 10.1. The zero-order valence-electron chi connectivity index (χ0n) is 17.5. The molecule has 1 unspecified atom stereocenters. The molecular weight excluding hydrogens is 374 g/mol. The van der Waals surface area contributed by atoms with Gasteiger partial charge in [0, 0.05) is 31.3 Å². The van der Waals surface area contributed by atoms with Gasteiger partial charge in [-0.15, -0.1) is 0 Å². The average molecular weight is 408 g/mol. The monoisotopic (exact) mass is 407 g/mol. The van der Waals surface area contributed by atoms with E-state index in [-0.39, 0.29) is 17.3 Å². The molecule has 1 aliphatic carbocycles. The summed E-state index contributed by atoms with van der Waals surface area (Å²) in [6.07, 6.45) is 3.22. The zero-order valence-corrected chi connectivity index (χ0v) is 18.3. The molecule has 1 atom stereocenters. The number of aryl methyl sites for hydroxylation is 2. The number of benzene rings is 1. The third-order valence-electron chi connectivity index (χ3n) is 5.56. The van der Waals surface area contributed by atoms with E-state index in [0.29, 0.717) is 13.2 Å². The number of hydrogen-bond acceptors (Lipinski definition) is 4. The molecule has 1 N–H and O–H groups in total. The Bertz CT molecular complexity index is 831. The molecule has 1 aromatic rings. The molecule has 1 saturated heterocycles. The van der Waals surface area contributed by atoms with Gasteiger partial charge in [0.25, 0.3) is 0 Å². The molecule has 2 fully saturated rings. The molecule has 7 heteroatoms. The molecule has 1 saturated carbocycles. The molecule has 3 rings (SSSR count). The minimum absolute atomic E-state index is 0.0177. The van der Waals surface area contributed by atoms with Crippen LogP contribution in [0.15, 0.2) is 23.2 Å². The van der Waals surface area contributed by atoms with Crippen molar-refractivity contribution in [3.63, 3.8) is 0 Å². The largest absolute Gasteiger partial charge is 0.370 e. The lowest BCUT2D eigenvalue weighted by atomic mass is 10.00. The van der Waals surface area contributed by atoms with Crippen LogP contribution in [0, 0.1) is 19.3 Å². The third-order valence-corrected chi connectivity index (χ3v) is 6.70. The Labute approximate surface area is 169 Å². The quantitative estimate of drug-likeness (QED) is 0.579. The van der Waals surface area contributed by atoms with Crippen LogP contribution < -0.4 is 5.32 Å². The molecule has 156 valence electrons. The number of nitrogens with zero attached hydrogens (tertiary/aromatic N) is 2. The number of sulfone groups is 1. The van der Waals surface area contributed by atoms with Crippen molar-refractivity contribution in [3.05, 3.63) is 34.9 Å². The summed E-state index contributed by atoms with van der Waals surface area (Å²) in [6, 6.07) is 6.49. The number of aliphatic imine (C=N–C) groups is 1. The van der Waals surface area contributed by atoms with Gasteiger partial charge < -0.3 is 15.0 Å². The molecule has 1 heterocycles. The summed E-state index contributed by atoms with van der Waals surface area (Å²) < 4.78 is 29.5. The van der Waals surface area contributed by atoms with Crippen LogP contribution in [-0.2, 0) is 14.6 Å². The van der Waals surface area contributed by atoms with Crippen LogP contribution in [0.1, 0.15) is 42.6 Å². The predicted molar refractivity (Wildman–Crippen MR) is 114 cm³/mol. The maximum absolute atomic E-state index is 11.7. The number of nitrogens with one attached hydrogen (secondary N) is 1. The summed E-state index contributed by atoms with van der Waals surface area (Å²) in [7, 11) is -2.98. The first-order valence-corrected chi connectivity index (χ1v) is 12.2. The van der Waals surface area contributed by atoms with Gasteiger partial charge in [0.05, 0.1) is 18.9 Å². The fourth-order valence-electron chi connectivity index (χ4n) is 3.97. The molecule has 0 radical (unpaired) electrons. The van der Waals surface area contributed by atoms with Gasteiger partial charge in [0.15, 0.2) is 5.96 Å². The van der Waals surface area contributed by atoms with E-state index in [1.165, 1.54) is 22.9 Å². The smallest absolute Gasteiger partial charge is 0.194 e. The molecule has 0 spiro atoms. The lowest BCUT2D eigenvalue weighted by molar-refractivity contribution is -0.00835. The van der Waals surface area contributed by atoms with Gasteiger partial charge in [0.1, 0.15) is 15.9 Å². The van der Waals surface area contributed by atoms with E-state index < -0.39 is 9.84 Å². The number of rotatable bonds is 6. The van der Waals surface area contributed by atoms with Crippen LogP contribution in [0.4, 0.5) is 0 Å². The first kappa shape index (κ1) is 21.1. The van der Waals surface area contributed by atoms with Crippen molar-refractivity contribution in [1.82, 2.24) is 10.2 Å². The molecule has 0 aromatic heterocycles. The van der Waals surface area contributed by atoms with Crippen molar-refractivity contribution in [2.45, 2.75) is 39.7 Å². The second-order valence-electron chi connectivity index (χ2n) is 8.41. The lowest BCUT2D eigenvalue weighted by Gasteiger charge is -2.36. The van der Waals surface area contributed by atoms with E-state index >= 15 is 0 Å². The van der Waals surface area contributed by atoms with Gasteiger partial charge in [-0.3, -0.25) is 4.99 Å². The van der Waals surface area contributed by atoms with Crippen molar-refractivity contribution in [3.8, 4) is 0 Å². The van der Waals surface area contributed by atoms with Crippen LogP contribution in [-0.4, -0.2) is 64.1 Å². The van der Waals surface area contributed by atoms with Crippen molar-refractivity contribution in [2.24, 2.45) is 10.4 Å². The van der Waals surface area contributed by atoms with Gasteiger partial charge in [-0.2, -0.15) is 0 Å². The highest BCUT2D eigenvalue weighted by Crippen LogP contribution is 2.47. The Morgan fingerprint density at radius 3 is 2.71 bits per heavy atom. The zero-order chi connectivity index (χ0) is 20.4. The summed E-state index contributed by atoms with van der Waals surface area (Å²) in [5, 5.41) is 3.38. The molecule has 6 nitrogen and oxygen atoms in total. The maximum atomic E-state index is 11.7. The highest BCUT2D eigenvalue weighted by atomic mass is 32.2. The lowest BCUT2D eigenvalue weighted by Crippen LogP contribution is -2.48. The number of ether oxygens (including phenoxy) is 1. The standard InChI is InChI=1S/C21H33N3O3S/c1-5-22-20(23-14-21(8-9-21)15-28(4,25)26)24-10-11-27-19(13-24)18-7-6-16(2)12-17(18)3/h6-7,12,19H,5,8-11,13-15H2,1-4H3,(H,22,23). The Morgan fingerprint density at radius 1 is 1.36 bits per heavy atom. The van der Waals surface area contributed by atoms with Crippen LogP contribution in [0.25, 0.3) is 0 Å². The minimum Gasteiger partial charge on any atom is -0.370 e.